The minimum atomic E-state index is -0.168. The van der Waals surface area contributed by atoms with Crippen LogP contribution < -0.4 is 5.32 Å². The molecule has 0 saturated heterocycles. The van der Waals surface area contributed by atoms with Crippen LogP contribution in [0, 0.1) is 25.2 Å². The second-order valence-corrected chi connectivity index (χ2v) is 7.30. The van der Waals surface area contributed by atoms with E-state index in [4.69, 9.17) is 5.26 Å². The summed E-state index contributed by atoms with van der Waals surface area (Å²) in [4.78, 5) is 23.0. The van der Waals surface area contributed by atoms with E-state index in [-0.39, 0.29) is 11.7 Å². The number of aromatic nitrogens is 2. The fraction of sp³-hybridized carbons (Fsp3) is 0.176. The highest BCUT2D eigenvalue weighted by molar-refractivity contribution is 8.00. The molecule has 0 saturated carbocycles. The fourth-order valence-corrected chi connectivity index (χ4v) is 4.19. The highest BCUT2D eigenvalue weighted by atomic mass is 32.2. The predicted octanol–water partition coefficient (Wildman–Crippen LogP) is 3.91. The first-order valence-corrected chi connectivity index (χ1v) is 9.03. The van der Waals surface area contributed by atoms with Crippen LogP contribution in [0.25, 0.3) is 10.2 Å². The average Bonchev–Trinajstić information content (AvgIpc) is 2.88. The van der Waals surface area contributed by atoms with Crippen molar-refractivity contribution >= 4 is 44.9 Å². The van der Waals surface area contributed by atoms with E-state index in [1.54, 1.807) is 35.6 Å². The van der Waals surface area contributed by atoms with Gasteiger partial charge in [-0.25, -0.2) is 9.97 Å². The van der Waals surface area contributed by atoms with Crippen LogP contribution in [0.15, 0.2) is 35.6 Å². The lowest BCUT2D eigenvalue weighted by Crippen LogP contribution is -2.15. The molecule has 5 nitrogen and oxygen atoms in total. The molecule has 0 unspecified atom stereocenters. The number of hydrogen-bond donors (Lipinski definition) is 1. The standard InChI is InChI=1S/C17H14N4OS2/c1-10-11(2)24-17-15(10)16(19-9-20-17)23-8-14(22)21-13-6-4-3-5-12(13)7-18/h3-6,9H,8H2,1-2H3,(H,21,22). The number of amides is 1. The van der Waals surface area contributed by atoms with Crippen molar-refractivity contribution in [1.82, 2.24) is 9.97 Å². The number of nitriles is 1. The molecule has 1 N–H and O–H groups in total. The summed E-state index contributed by atoms with van der Waals surface area (Å²) in [5.74, 6) is 0.0549. The zero-order valence-electron chi connectivity index (χ0n) is 13.2. The maximum Gasteiger partial charge on any atom is 0.234 e. The summed E-state index contributed by atoms with van der Waals surface area (Å²) < 4.78 is 0. The molecule has 0 atom stereocenters. The van der Waals surface area contributed by atoms with Gasteiger partial charge in [0.15, 0.2) is 0 Å². The first kappa shape index (κ1) is 16.4. The largest absolute Gasteiger partial charge is 0.324 e. The molecule has 3 aromatic rings. The summed E-state index contributed by atoms with van der Waals surface area (Å²) in [7, 11) is 0. The van der Waals surface area contributed by atoms with Crippen LogP contribution in [0.2, 0.25) is 0 Å². The van der Waals surface area contributed by atoms with Gasteiger partial charge in [-0.2, -0.15) is 5.26 Å². The molecule has 3 rings (SSSR count). The SMILES string of the molecule is Cc1sc2ncnc(SCC(=O)Nc3ccccc3C#N)c2c1C. The van der Waals surface area contributed by atoms with Crippen LogP contribution in [-0.4, -0.2) is 21.6 Å². The lowest BCUT2D eigenvalue weighted by Gasteiger charge is -2.07. The zero-order chi connectivity index (χ0) is 17.1. The molecular formula is C17H14N4OS2. The molecule has 0 bridgehead atoms. The number of carbonyl (C=O) groups excluding carboxylic acids is 1. The third-order valence-electron chi connectivity index (χ3n) is 3.59. The molecule has 0 spiro atoms. The smallest absolute Gasteiger partial charge is 0.234 e. The Hall–Kier alpha value is -2.43. The highest BCUT2D eigenvalue weighted by Crippen LogP contribution is 2.34. The van der Waals surface area contributed by atoms with Gasteiger partial charge in [0, 0.05) is 10.3 Å². The van der Waals surface area contributed by atoms with Crippen LogP contribution in [0.3, 0.4) is 0 Å². The maximum atomic E-state index is 12.2. The molecular weight excluding hydrogens is 340 g/mol. The number of carbonyl (C=O) groups is 1. The first-order valence-electron chi connectivity index (χ1n) is 7.22. The van der Waals surface area contributed by atoms with Gasteiger partial charge < -0.3 is 5.32 Å². The maximum absolute atomic E-state index is 12.2. The van der Waals surface area contributed by atoms with Gasteiger partial charge in [0.05, 0.1) is 17.0 Å². The minimum absolute atomic E-state index is 0.168. The summed E-state index contributed by atoms with van der Waals surface area (Å²) in [6.45, 7) is 4.10. The third-order valence-corrected chi connectivity index (χ3v) is 5.70. The molecule has 1 aromatic carbocycles. The number of nitrogens with one attached hydrogen (secondary N) is 1. The van der Waals surface area contributed by atoms with Crippen LogP contribution in [0.4, 0.5) is 5.69 Å². The Balaban J connectivity index is 1.74. The fourth-order valence-electron chi connectivity index (χ4n) is 2.27. The van der Waals surface area contributed by atoms with Gasteiger partial charge in [-0.1, -0.05) is 23.9 Å². The predicted molar refractivity (Wildman–Crippen MR) is 97.4 cm³/mol. The van der Waals surface area contributed by atoms with Gasteiger partial charge in [-0.15, -0.1) is 11.3 Å². The number of benzene rings is 1. The minimum Gasteiger partial charge on any atom is -0.324 e. The molecule has 0 radical (unpaired) electrons. The topological polar surface area (TPSA) is 78.7 Å². The molecule has 2 aromatic heterocycles. The van der Waals surface area contributed by atoms with Crippen molar-refractivity contribution in [2.75, 3.05) is 11.1 Å². The Morgan fingerprint density at radius 2 is 2.12 bits per heavy atom. The number of anilines is 1. The van der Waals surface area contributed by atoms with Crippen molar-refractivity contribution in [2.24, 2.45) is 0 Å². The van der Waals surface area contributed by atoms with Crippen molar-refractivity contribution < 1.29 is 4.79 Å². The third kappa shape index (κ3) is 3.25. The molecule has 120 valence electrons. The first-order chi connectivity index (χ1) is 11.6. The highest BCUT2D eigenvalue weighted by Gasteiger charge is 2.14. The number of thioether (sulfide) groups is 1. The Labute approximate surface area is 147 Å². The second-order valence-electron chi connectivity index (χ2n) is 5.14. The van der Waals surface area contributed by atoms with Gasteiger partial charge in [0.1, 0.15) is 22.3 Å². The quantitative estimate of drug-likeness (QED) is 0.568. The van der Waals surface area contributed by atoms with E-state index in [9.17, 15) is 4.79 Å². The average molecular weight is 354 g/mol. The van der Waals surface area contributed by atoms with Crippen LogP contribution >= 0.6 is 23.1 Å². The van der Waals surface area contributed by atoms with Gasteiger partial charge in [0.2, 0.25) is 5.91 Å². The van der Waals surface area contributed by atoms with Crippen molar-refractivity contribution in [2.45, 2.75) is 18.9 Å². The Kier molecular flexibility index (Phi) is 4.79. The molecule has 1 amide bonds. The monoisotopic (exact) mass is 354 g/mol. The number of fused-ring (bicyclic) bond motifs is 1. The van der Waals surface area contributed by atoms with E-state index in [1.165, 1.54) is 23.0 Å². The molecule has 2 heterocycles. The number of hydrogen-bond acceptors (Lipinski definition) is 6. The van der Waals surface area contributed by atoms with Gasteiger partial charge in [0.25, 0.3) is 0 Å². The molecule has 0 fully saturated rings. The van der Waals surface area contributed by atoms with Crippen molar-refractivity contribution in [3.63, 3.8) is 0 Å². The summed E-state index contributed by atoms with van der Waals surface area (Å²) in [5, 5.41) is 13.7. The normalized spacial score (nSPS) is 10.5. The van der Waals surface area contributed by atoms with E-state index in [1.807, 2.05) is 6.92 Å². The summed E-state index contributed by atoms with van der Waals surface area (Å²) in [6.07, 6.45) is 1.53. The van der Waals surface area contributed by atoms with Gasteiger partial charge >= 0.3 is 0 Å². The molecule has 0 aliphatic heterocycles. The number of thiophene rings is 1. The van der Waals surface area contributed by atoms with Crippen molar-refractivity contribution in [3.05, 3.63) is 46.6 Å². The lowest BCUT2D eigenvalue weighted by molar-refractivity contribution is -0.113. The van der Waals surface area contributed by atoms with E-state index in [2.05, 4.69) is 28.3 Å². The van der Waals surface area contributed by atoms with E-state index in [0.29, 0.717) is 11.3 Å². The number of rotatable bonds is 4. The van der Waals surface area contributed by atoms with Crippen molar-refractivity contribution in [1.29, 1.82) is 5.26 Å². The second kappa shape index (κ2) is 6.99. The van der Waals surface area contributed by atoms with Gasteiger partial charge in [-0.3, -0.25) is 4.79 Å². The van der Waals surface area contributed by atoms with E-state index in [0.717, 1.165) is 20.8 Å². The molecule has 24 heavy (non-hydrogen) atoms. The lowest BCUT2D eigenvalue weighted by atomic mass is 10.2. The summed E-state index contributed by atoms with van der Waals surface area (Å²) in [6, 6.07) is 9.01. The Bertz CT molecular complexity index is 959. The molecule has 7 heteroatoms. The Morgan fingerprint density at radius 3 is 2.92 bits per heavy atom. The summed E-state index contributed by atoms with van der Waals surface area (Å²) in [5.41, 5.74) is 2.14. The van der Waals surface area contributed by atoms with Crippen LogP contribution in [0.5, 0.6) is 0 Å². The van der Waals surface area contributed by atoms with Gasteiger partial charge in [-0.05, 0) is 31.5 Å². The van der Waals surface area contributed by atoms with Crippen molar-refractivity contribution in [3.8, 4) is 6.07 Å². The molecule has 0 aliphatic carbocycles. The zero-order valence-corrected chi connectivity index (χ0v) is 14.8. The van der Waals surface area contributed by atoms with E-state index >= 15 is 0 Å². The number of aryl methyl sites for hydroxylation is 2. The molecule has 0 aliphatic rings. The van der Waals surface area contributed by atoms with Crippen LogP contribution in [0.1, 0.15) is 16.0 Å². The summed E-state index contributed by atoms with van der Waals surface area (Å²) >= 11 is 3.01. The van der Waals surface area contributed by atoms with Crippen LogP contribution in [-0.2, 0) is 4.79 Å². The van der Waals surface area contributed by atoms with E-state index < -0.39 is 0 Å². The number of para-hydroxylation sites is 1. The Morgan fingerprint density at radius 1 is 1.33 bits per heavy atom. The number of nitrogens with zero attached hydrogens (tertiary/aromatic N) is 3.